The molecule has 0 bridgehead atoms. The molecule has 0 aliphatic carbocycles. The van der Waals surface area contributed by atoms with E-state index in [1.165, 1.54) is 5.56 Å². The maximum Gasteiger partial charge on any atom is 0.269 e. The molecule has 0 fully saturated rings. The van der Waals surface area contributed by atoms with Crippen molar-refractivity contribution in [2.24, 2.45) is 0 Å². The Bertz CT molecular complexity index is 768. The molecule has 24 heavy (non-hydrogen) atoms. The molecular weight excluding hydrogens is 304 g/mol. The quantitative estimate of drug-likeness (QED) is 0.630. The second-order valence-corrected chi connectivity index (χ2v) is 5.76. The molecule has 2 aromatic rings. The van der Waals surface area contributed by atoms with Crippen LogP contribution in [0.1, 0.15) is 29.7 Å². The van der Waals surface area contributed by atoms with Crippen LogP contribution >= 0.6 is 0 Å². The molecule has 0 saturated carbocycles. The van der Waals surface area contributed by atoms with Crippen LogP contribution in [0.2, 0.25) is 0 Å². The van der Waals surface area contributed by atoms with Gasteiger partial charge >= 0.3 is 0 Å². The Morgan fingerprint density at radius 2 is 1.92 bits per heavy atom. The lowest BCUT2D eigenvalue weighted by atomic mass is 9.93. The van der Waals surface area contributed by atoms with Gasteiger partial charge in [-0.2, -0.15) is 0 Å². The summed E-state index contributed by atoms with van der Waals surface area (Å²) in [6.07, 6.45) is 2.07. The topological polar surface area (TPSA) is 55.6 Å². The van der Waals surface area contributed by atoms with Gasteiger partial charge < -0.3 is 4.74 Å². The first-order chi connectivity index (χ1) is 11.6. The number of non-ortho nitro benzene ring substituents is 1. The SMILES string of the molecule is CCN1CC(OC)=Cc2ccccc2C1c1ccc([N+](=O)[O-])cc1. The van der Waals surface area contributed by atoms with Crippen molar-refractivity contribution in [1.82, 2.24) is 4.90 Å². The zero-order valence-electron chi connectivity index (χ0n) is 13.8. The highest BCUT2D eigenvalue weighted by Gasteiger charge is 2.27. The van der Waals surface area contributed by atoms with Crippen LogP contribution in [0.4, 0.5) is 5.69 Å². The zero-order valence-corrected chi connectivity index (χ0v) is 13.8. The average molecular weight is 324 g/mol. The molecule has 0 aromatic heterocycles. The number of likely N-dealkylation sites (N-methyl/N-ethyl adjacent to an activating group) is 1. The molecule has 0 amide bonds. The molecule has 1 atom stereocenters. The van der Waals surface area contributed by atoms with Crippen molar-refractivity contribution in [3.05, 3.63) is 81.1 Å². The first kappa shape index (κ1) is 16.2. The normalized spacial score (nSPS) is 17.6. The van der Waals surface area contributed by atoms with Crippen LogP contribution in [0, 0.1) is 10.1 Å². The van der Waals surface area contributed by atoms with Gasteiger partial charge in [-0.15, -0.1) is 0 Å². The summed E-state index contributed by atoms with van der Waals surface area (Å²) in [5.41, 5.74) is 3.45. The lowest BCUT2D eigenvalue weighted by Crippen LogP contribution is -2.30. The van der Waals surface area contributed by atoms with Crippen LogP contribution in [-0.4, -0.2) is 30.0 Å². The van der Waals surface area contributed by atoms with Gasteiger partial charge in [0.25, 0.3) is 5.69 Å². The Morgan fingerprint density at radius 1 is 1.21 bits per heavy atom. The van der Waals surface area contributed by atoms with Gasteiger partial charge in [0, 0.05) is 12.1 Å². The summed E-state index contributed by atoms with van der Waals surface area (Å²) in [6.45, 7) is 3.65. The molecule has 5 heteroatoms. The van der Waals surface area contributed by atoms with E-state index in [2.05, 4.69) is 30.0 Å². The second kappa shape index (κ2) is 6.84. The van der Waals surface area contributed by atoms with Crippen LogP contribution < -0.4 is 0 Å². The average Bonchev–Trinajstić information content (AvgIpc) is 2.77. The fourth-order valence-corrected chi connectivity index (χ4v) is 3.19. The summed E-state index contributed by atoms with van der Waals surface area (Å²) >= 11 is 0. The van der Waals surface area contributed by atoms with Crippen molar-refractivity contribution in [1.29, 1.82) is 0 Å². The zero-order chi connectivity index (χ0) is 17.1. The predicted octanol–water partition coefficient (Wildman–Crippen LogP) is 4.01. The van der Waals surface area contributed by atoms with E-state index in [0.29, 0.717) is 6.54 Å². The van der Waals surface area contributed by atoms with Crippen LogP contribution in [-0.2, 0) is 4.74 Å². The molecule has 0 spiro atoms. The number of hydrogen-bond donors (Lipinski definition) is 0. The van der Waals surface area contributed by atoms with Crippen LogP contribution in [0.15, 0.2) is 54.3 Å². The summed E-state index contributed by atoms with van der Waals surface area (Å²) in [6, 6.07) is 15.1. The molecule has 1 aliphatic rings. The van der Waals surface area contributed by atoms with Crippen LogP contribution in [0.25, 0.3) is 6.08 Å². The highest BCUT2D eigenvalue weighted by atomic mass is 16.6. The van der Waals surface area contributed by atoms with Crippen molar-refractivity contribution in [2.45, 2.75) is 13.0 Å². The lowest BCUT2D eigenvalue weighted by molar-refractivity contribution is -0.384. The molecule has 0 radical (unpaired) electrons. The van der Waals surface area contributed by atoms with E-state index in [-0.39, 0.29) is 16.7 Å². The minimum Gasteiger partial charge on any atom is -0.500 e. The largest absolute Gasteiger partial charge is 0.500 e. The van der Waals surface area contributed by atoms with E-state index in [1.807, 2.05) is 24.3 Å². The number of nitro benzene ring substituents is 1. The molecule has 124 valence electrons. The van der Waals surface area contributed by atoms with E-state index < -0.39 is 0 Å². The van der Waals surface area contributed by atoms with E-state index in [4.69, 9.17) is 4.74 Å². The molecule has 1 unspecified atom stereocenters. The molecule has 2 aromatic carbocycles. The molecule has 1 aliphatic heterocycles. The number of rotatable bonds is 4. The Balaban J connectivity index is 2.09. The third-order valence-corrected chi connectivity index (χ3v) is 4.42. The third kappa shape index (κ3) is 3.03. The Hall–Kier alpha value is -2.66. The minimum absolute atomic E-state index is 0.0379. The summed E-state index contributed by atoms with van der Waals surface area (Å²) in [5.74, 6) is 0.911. The first-order valence-corrected chi connectivity index (χ1v) is 7.96. The van der Waals surface area contributed by atoms with Crippen LogP contribution in [0.5, 0.6) is 0 Å². The third-order valence-electron chi connectivity index (χ3n) is 4.42. The van der Waals surface area contributed by atoms with Gasteiger partial charge in [0.1, 0.15) is 5.76 Å². The van der Waals surface area contributed by atoms with Gasteiger partial charge in [0.2, 0.25) is 0 Å². The van der Waals surface area contributed by atoms with E-state index in [9.17, 15) is 10.1 Å². The summed E-state index contributed by atoms with van der Waals surface area (Å²) < 4.78 is 5.52. The van der Waals surface area contributed by atoms with Crippen molar-refractivity contribution in [3.8, 4) is 0 Å². The second-order valence-electron chi connectivity index (χ2n) is 5.76. The Labute approximate surface area is 141 Å². The smallest absolute Gasteiger partial charge is 0.269 e. The molecule has 5 nitrogen and oxygen atoms in total. The maximum absolute atomic E-state index is 10.9. The Morgan fingerprint density at radius 3 is 2.54 bits per heavy atom. The standard InChI is InChI=1S/C19H20N2O3/c1-3-20-13-17(24-2)12-15-6-4-5-7-18(15)19(20)14-8-10-16(11-9-14)21(22)23/h4-12,19H,3,13H2,1-2H3. The Kier molecular flexibility index (Phi) is 4.62. The van der Waals surface area contributed by atoms with Gasteiger partial charge in [-0.1, -0.05) is 43.3 Å². The fourth-order valence-electron chi connectivity index (χ4n) is 3.19. The minimum atomic E-state index is -0.368. The summed E-state index contributed by atoms with van der Waals surface area (Å²) in [7, 11) is 1.69. The number of benzene rings is 2. The number of methoxy groups -OCH3 is 1. The summed E-state index contributed by atoms with van der Waals surface area (Å²) in [5, 5.41) is 10.9. The van der Waals surface area contributed by atoms with Crippen molar-refractivity contribution in [3.63, 3.8) is 0 Å². The number of nitro groups is 1. The van der Waals surface area contributed by atoms with Gasteiger partial charge in [-0.3, -0.25) is 15.0 Å². The predicted molar refractivity (Wildman–Crippen MR) is 93.6 cm³/mol. The lowest BCUT2D eigenvalue weighted by Gasteiger charge is -2.30. The van der Waals surface area contributed by atoms with Gasteiger partial charge in [-0.25, -0.2) is 0 Å². The highest BCUT2D eigenvalue weighted by molar-refractivity contribution is 5.59. The van der Waals surface area contributed by atoms with E-state index >= 15 is 0 Å². The van der Waals surface area contributed by atoms with Crippen LogP contribution in [0.3, 0.4) is 0 Å². The number of ether oxygens (including phenoxy) is 1. The van der Waals surface area contributed by atoms with E-state index in [0.717, 1.165) is 23.4 Å². The van der Waals surface area contributed by atoms with Gasteiger partial charge in [-0.05, 0) is 29.3 Å². The van der Waals surface area contributed by atoms with Gasteiger partial charge in [0.15, 0.2) is 0 Å². The number of fused-ring (bicyclic) bond motifs is 1. The summed E-state index contributed by atoms with van der Waals surface area (Å²) in [4.78, 5) is 12.9. The fraction of sp³-hybridized carbons (Fsp3) is 0.263. The number of hydrogen-bond acceptors (Lipinski definition) is 4. The highest BCUT2D eigenvalue weighted by Crippen LogP contribution is 2.35. The number of nitrogens with zero attached hydrogens (tertiary/aromatic N) is 2. The molecule has 0 N–H and O–H groups in total. The maximum atomic E-state index is 10.9. The molecule has 1 heterocycles. The monoisotopic (exact) mass is 324 g/mol. The molecule has 0 saturated heterocycles. The van der Waals surface area contributed by atoms with Crippen molar-refractivity contribution < 1.29 is 9.66 Å². The molecule has 3 rings (SSSR count). The first-order valence-electron chi connectivity index (χ1n) is 7.96. The van der Waals surface area contributed by atoms with E-state index in [1.54, 1.807) is 19.2 Å². The van der Waals surface area contributed by atoms with Gasteiger partial charge in [0.05, 0.1) is 24.6 Å². The molecular formula is C19H20N2O3. The van der Waals surface area contributed by atoms with Crippen molar-refractivity contribution >= 4 is 11.8 Å². The van der Waals surface area contributed by atoms with Crippen molar-refractivity contribution in [2.75, 3.05) is 20.2 Å².